The highest BCUT2D eigenvalue weighted by molar-refractivity contribution is 5.80. The van der Waals surface area contributed by atoms with Gasteiger partial charge in [0.1, 0.15) is 6.04 Å². The highest BCUT2D eigenvalue weighted by atomic mass is 19.3. The fourth-order valence-corrected chi connectivity index (χ4v) is 0.954. The summed E-state index contributed by atoms with van der Waals surface area (Å²) in [4.78, 5) is 21.5. The summed E-state index contributed by atoms with van der Waals surface area (Å²) >= 11 is 0. The number of aliphatic carboxylic acids is 1. The number of carbonyl (C=O) groups is 2. The number of ether oxygens (including phenoxy) is 2. The number of hydrogen-bond donors (Lipinski definition) is 2. The van der Waals surface area contributed by atoms with Gasteiger partial charge in [0.05, 0.1) is 13.7 Å². The van der Waals surface area contributed by atoms with Crippen molar-refractivity contribution in [3.05, 3.63) is 0 Å². The number of nitrogens with one attached hydrogen (secondary N) is 1. The second-order valence-corrected chi connectivity index (χ2v) is 3.02. The molecule has 6 nitrogen and oxygen atoms in total. The summed E-state index contributed by atoms with van der Waals surface area (Å²) in [6.45, 7) is -2.11. The van der Waals surface area contributed by atoms with Crippen LogP contribution in [0.1, 0.15) is 6.92 Å². The molecule has 0 fully saturated rings. The van der Waals surface area contributed by atoms with Crippen molar-refractivity contribution in [3.8, 4) is 0 Å². The lowest BCUT2D eigenvalue weighted by molar-refractivity contribution is -0.151. The number of hydrogen-bond acceptors (Lipinski definition) is 4. The van der Waals surface area contributed by atoms with Crippen molar-refractivity contribution in [3.63, 3.8) is 0 Å². The molecule has 8 heteroatoms. The van der Waals surface area contributed by atoms with Crippen LogP contribution in [0.4, 0.5) is 13.6 Å². The Morgan fingerprint density at radius 2 is 2.00 bits per heavy atom. The highest BCUT2D eigenvalue weighted by Crippen LogP contribution is 2.07. The molecule has 2 atom stereocenters. The van der Waals surface area contributed by atoms with E-state index in [1.165, 1.54) is 6.92 Å². The molecule has 0 saturated carbocycles. The van der Waals surface area contributed by atoms with Crippen LogP contribution in [0.5, 0.6) is 0 Å². The first-order chi connectivity index (χ1) is 7.38. The van der Waals surface area contributed by atoms with Gasteiger partial charge >= 0.3 is 18.7 Å². The largest absolute Gasteiger partial charge is 0.480 e. The van der Waals surface area contributed by atoms with Crippen molar-refractivity contribution in [1.29, 1.82) is 0 Å². The maximum absolute atomic E-state index is 11.7. The number of alkyl halides is 2. The Balaban J connectivity index is 4.29. The van der Waals surface area contributed by atoms with E-state index in [0.29, 0.717) is 0 Å². The van der Waals surface area contributed by atoms with Gasteiger partial charge in [0.15, 0.2) is 0 Å². The van der Waals surface area contributed by atoms with Crippen LogP contribution in [-0.2, 0) is 14.3 Å². The van der Waals surface area contributed by atoms with Crippen LogP contribution in [0.2, 0.25) is 0 Å². The molecule has 0 saturated heterocycles. The second kappa shape index (κ2) is 6.94. The number of rotatable bonds is 6. The van der Waals surface area contributed by atoms with Crippen LogP contribution < -0.4 is 5.32 Å². The van der Waals surface area contributed by atoms with E-state index in [1.54, 1.807) is 0 Å². The SMILES string of the molecule is COC(=O)N[C@H](C(=O)O)[C@@H](C)COC(F)F. The van der Waals surface area contributed by atoms with E-state index in [-0.39, 0.29) is 0 Å². The Morgan fingerprint density at radius 3 is 2.38 bits per heavy atom. The zero-order valence-electron chi connectivity index (χ0n) is 8.78. The van der Waals surface area contributed by atoms with Gasteiger partial charge in [-0.25, -0.2) is 9.59 Å². The quantitative estimate of drug-likeness (QED) is 0.714. The monoisotopic (exact) mass is 241 g/mol. The zero-order valence-corrected chi connectivity index (χ0v) is 8.78. The smallest absolute Gasteiger partial charge is 0.407 e. The van der Waals surface area contributed by atoms with Crippen LogP contribution >= 0.6 is 0 Å². The molecule has 0 bridgehead atoms. The van der Waals surface area contributed by atoms with Crippen molar-refractivity contribution in [2.45, 2.75) is 19.6 Å². The molecular weight excluding hydrogens is 228 g/mol. The number of amides is 1. The van der Waals surface area contributed by atoms with Gasteiger partial charge in [-0.2, -0.15) is 8.78 Å². The molecule has 0 heterocycles. The van der Waals surface area contributed by atoms with E-state index >= 15 is 0 Å². The lowest BCUT2D eigenvalue weighted by Crippen LogP contribution is -2.46. The van der Waals surface area contributed by atoms with Crippen molar-refractivity contribution in [2.75, 3.05) is 13.7 Å². The van der Waals surface area contributed by atoms with Crippen LogP contribution in [0, 0.1) is 5.92 Å². The molecule has 0 spiro atoms. The number of carboxylic acid groups (broad SMARTS) is 1. The fraction of sp³-hybridized carbons (Fsp3) is 0.750. The lowest BCUT2D eigenvalue weighted by Gasteiger charge is -2.20. The molecule has 0 radical (unpaired) electrons. The van der Waals surface area contributed by atoms with Gasteiger partial charge in [-0.05, 0) is 0 Å². The van der Waals surface area contributed by atoms with Crippen molar-refractivity contribution in [1.82, 2.24) is 5.32 Å². The summed E-state index contributed by atoms with van der Waals surface area (Å²) in [6, 6.07) is -1.34. The van der Waals surface area contributed by atoms with E-state index < -0.39 is 37.2 Å². The third kappa shape index (κ3) is 5.44. The van der Waals surface area contributed by atoms with Crippen molar-refractivity contribution in [2.24, 2.45) is 5.92 Å². The van der Waals surface area contributed by atoms with E-state index in [1.807, 2.05) is 5.32 Å². The minimum Gasteiger partial charge on any atom is -0.480 e. The lowest BCUT2D eigenvalue weighted by atomic mass is 10.0. The minimum atomic E-state index is -2.98. The molecule has 0 aliphatic rings. The van der Waals surface area contributed by atoms with Gasteiger partial charge in [-0.3, -0.25) is 0 Å². The van der Waals surface area contributed by atoms with Gasteiger partial charge < -0.3 is 19.9 Å². The summed E-state index contributed by atoms with van der Waals surface area (Å²) < 4.78 is 31.6. The number of carboxylic acids is 1. The Labute approximate surface area is 90.5 Å². The molecule has 2 N–H and O–H groups in total. The summed E-state index contributed by atoms with van der Waals surface area (Å²) in [5.74, 6) is -2.17. The van der Waals surface area contributed by atoms with Gasteiger partial charge in [0.25, 0.3) is 0 Å². The third-order valence-corrected chi connectivity index (χ3v) is 1.78. The van der Waals surface area contributed by atoms with Gasteiger partial charge in [0, 0.05) is 5.92 Å². The van der Waals surface area contributed by atoms with E-state index in [0.717, 1.165) is 7.11 Å². The summed E-state index contributed by atoms with van der Waals surface area (Å²) in [5, 5.41) is 10.7. The number of methoxy groups -OCH3 is 1. The zero-order chi connectivity index (χ0) is 12.7. The molecule has 0 unspecified atom stereocenters. The Morgan fingerprint density at radius 1 is 1.44 bits per heavy atom. The average molecular weight is 241 g/mol. The topological polar surface area (TPSA) is 84.9 Å². The maximum Gasteiger partial charge on any atom is 0.407 e. The molecule has 0 aromatic carbocycles. The summed E-state index contributed by atoms with van der Waals surface area (Å²) in [6.07, 6.45) is -0.948. The van der Waals surface area contributed by atoms with Gasteiger partial charge in [-0.15, -0.1) is 0 Å². The minimum absolute atomic E-state index is 0.487. The molecule has 16 heavy (non-hydrogen) atoms. The Kier molecular flexibility index (Phi) is 6.31. The molecular formula is C8H13F2NO5. The van der Waals surface area contributed by atoms with Crippen LogP contribution in [-0.4, -0.2) is 43.5 Å². The van der Waals surface area contributed by atoms with Crippen LogP contribution in [0.15, 0.2) is 0 Å². The standard InChI is InChI=1S/C8H13F2NO5/c1-4(3-16-7(9)10)5(6(12)13)11-8(14)15-2/h4-5,7H,3H2,1-2H3,(H,11,14)(H,12,13)/t4-,5-/m0/s1. The summed E-state index contributed by atoms with van der Waals surface area (Å²) in [5.41, 5.74) is 0. The molecule has 0 aromatic heterocycles. The molecule has 0 aliphatic heterocycles. The summed E-state index contributed by atoms with van der Waals surface area (Å²) in [7, 11) is 1.06. The molecule has 0 aromatic rings. The average Bonchev–Trinajstić information content (AvgIpc) is 2.21. The van der Waals surface area contributed by atoms with E-state index in [4.69, 9.17) is 5.11 Å². The third-order valence-electron chi connectivity index (χ3n) is 1.78. The van der Waals surface area contributed by atoms with Crippen molar-refractivity contribution >= 4 is 12.1 Å². The van der Waals surface area contributed by atoms with E-state index in [2.05, 4.69) is 9.47 Å². The molecule has 0 aliphatic carbocycles. The van der Waals surface area contributed by atoms with Crippen LogP contribution in [0.25, 0.3) is 0 Å². The second-order valence-electron chi connectivity index (χ2n) is 3.02. The van der Waals surface area contributed by atoms with Gasteiger partial charge in [0.2, 0.25) is 0 Å². The number of halogens is 2. The first kappa shape index (κ1) is 14.6. The molecule has 94 valence electrons. The number of alkyl carbamates (subject to hydrolysis) is 1. The predicted octanol–water partition coefficient (Wildman–Crippen LogP) is 0.671. The maximum atomic E-state index is 11.7. The highest BCUT2D eigenvalue weighted by Gasteiger charge is 2.27. The van der Waals surface area contributed by atoms with Gasteiger partial charge in [-0.1, -0.05) is 6.92 Å². The predicted molar refractivity (Wildman–Crippen MR) is 48.1 cm³/mol. The molecule has 0 rings (SSSR count). The first-order valence-electron chi connectivity index (χ1n) is 4.35. The van der Waals surface area contributed by atoms with Crippen LogP contribution in [0.3, 0.4) is 0 Å². The number of carbonyl (C=O) groups excluding carboxylic acids is 1. The fourth-order valence-electron chi connectivity index (χ4n) is 0.954. The van der Waals surface area contributed by atoms with Crippen molar-refractivity contribution < 1.29 is 33.0 Å². The van der Waals surface area contributed by atoms with E-state index in [9.17, 15) is 18.4 Å². The Bertz CT molecular complexity index is 249. The normalized spacial score (nSPS) is 14.3. The first-order valence-corrected chi connectivity index (χ1v) is 4.35. The molecule has 1 amide bonds. The Hall–Kier alpha value is -1.44.